The van der Waals surface area contributed by atoms with Crippen molar-refractivity contribution in [2.75, 3.05) is 31.5 Å². The summed E-state index contributed by atoms with van der Waals surface area (Å²) in [4.78, 5) is 21.2. The second kappa shape index (κ2) is 11.3. The van der Waals surface area contributed by atoms with Gasteiger partial charge in [-0.25, -0.2) is 9.29 Å². The van der Waals surface area contributed by atoms with Crippen LogP contribution in [0.2, 0.25) is 5.02 Å². The number of fused-ring (bicyclic) bond motifs is 1. The Morgan fingerprint density at radius 3 is 2.81 bits per heavy atom. The third kappa shape index (κ3) is 5.82. The van der Waals surface area contributed by atoms with Crippen molar-refractivity contribution in [1.29, 1.82) is 0 Å². The summed E-state index contributed by atoms with van der Waals surface area (Å²) in [7, 11) is 1.77. The number of terminal acetylenes is 1. The molecule has 0 aliphatic carbocycles. The molecule has 164 valence electrons. The summed E-state index contributed by atoms with van der Waals surface area (Å²) in [5.74, 6) is 3.43. The molecule has 31 heavy (non-hydrogen) atoms. The van der Waals surface area contributed by atoms with Gasteiger partial charge in [0.05, 0.1) is 22.0 Å². The van der Waals surface area contributed by atoms with Crippen LogP contribution < -0.4 is 5.56 Å². The Kier molecular flexibility index (Phi) is 8.82. The minimum absolute atomic E-state index is 0.0259. The standard InChI is InChI=1S/C23H26BrClN4OS/c1-4-5-8-18(9-7-12-24)31-29-15-13-28(14-16-29)17(2)22-26-20-11-6-10-19(25)21(20)23(30)27(22)3/h1,6-11,17H,5,12-16H2,2-3H3/b9-7-,18-8+. The molecule has 1 aromatic carbocycles. The van der Waals surface area contributed by atoms with Gasteiger partial charge in [0, 0.05) is 49.9 Å². The van der Waals surface area contributed by atoms with E-state index in [0.29, 0.717) is 22.3 Å². The van der Waals surface area contributed by atoms with Gasteiger partial charge in [0.2, 0.25) is 0 Å². The molecule has 0 spiro atoms. The first-order valence-electron chi connectivity index (χ1n) is 10.1. The molecule has 1 atom stereocenters. The molecule has 3 rings (SSSR count). The highest BCUT2D eigenvalue weighted by atomic mass is 79.9. The van der Waals surface area contributed by atoms with E-state index in [9.17, 15) is 4.79 Å². The van der Waals surface area contributed by atoms with Gasteiger partial charge in [-0.15, -0.1) is 12.3 Å². The van der Waals surface area contributed by atoms with Crippen molar-refractivity contribution in [2.45, 2.75) is 19.4 Å². The van der Waals surface area contributed by atoms with Gasteiger partial charge in [-0.1, -0.05) is 51.8 Å². The third-order valence-electron chi connectivity index (χ3n) is 5.31. The van der Waals surface area contributed by atoms with Gasteiger partial charge >= 0.3 is 0 Å². The van der Waals surface area contributed by atoms with Crippen LogP contribution >= 0.6 is 39.5 Å². The number of hydrogen-bond donors (Lipinski definition) is 0. The number of rotatable bonds is 7. The molecule has 0 amide bonds. The van der Waals surface area contributed by atoms with Crippen LogP contribution in [-0.4, -0.2) is 50.3 Å². The molecule has 1 aliphatic heterocycles. The summed E-state index contributed by atoms with van der Waals surface area (Å²) in [6.07, 6.45) is 12.3. The van der Waals surface area contributed by atoms with E-state index in [2.05, 4.69) is 56.2 Å². The molecule has 1 fully saturated rings. The lowest BCUT2D eigenvalue weighted by Gasteiger charge is -2.37. The molecule has 2 aromatic rings. The van der Waals surface area contributed by atoms with Crippen molar-refractivity contribution in [3.8, 4) is 12.3 Å². The SMILES string of the molecule is C#CC/C=C(\C=C/CBr)SN1CCN(C(C)c2nc3cccc(Cl)c3c(=O)n2C)CC1. The van der Waals surface area contributed by atoms with Crippen LogP contribution in [-0.2, 0) is 7.05 Å². The van der Waals surface area contributed by atoms with Gasteiger partial charge in [-0.2, -0.15) is 0 Å². The molecule has 1 unspecified atom stereocenters. The van der Waals surface area contributed by atoms with Gasteiger partial charge in [-0.05, 0) is 31.0 Å². The Labute approximate surface area is 201 Å². The first-order valence-corrected chi connectivity index (χ1v) is 12.4. The molecule has 8 heteroatoms. The first-order chi connectivity index (χ1) is 15.0. The van der Waals surface area contributed by atoms with Crippen LogP contribution in [0.4, 0.5) is 0 Å². The zero-order valence-electron chi connectivity index (χ0n) is 17.7. The lowest BCUT2D eigenvalue weighted by molar-refractivity contribution is 0.144. The number of halogens is 2. The van der Waals surface area contributed by atoms with Crippen molar-refractivity contribution in [1.82, 2.24) is 18.8 Å². The molecule has 1 aromatic heterocycles. The maximum Gasteiger partial charge on any atom is 0.262 e. The highest BCUT2D eigenvalue weighted by Crippen LogP contribution is 2.28. The number of alkyl halides is 1. The maximum absolute atomic E-state index is 12.9. The number of hydrogen-bond acceptors (Lipinski definition) is 5. The fourth-order valence-corrected chi connectivity index (χ4v) is 5.01. The Hall–Kier alpha value is -1.56. The molecule has 0 N–H and O–H groups in total. The van der Waals surface area contributed by atoms with Crippen LogP contribution in [0.1, 0.15) is 25.2 Å². The van der Waals surface area contributed by atoms with E-state index in [1.54, 1.807) is 29.6 Å². The predicted octanol–water partition coefficient (Wildman–Crippen LogP) is 4.77. The second-order valence-corrected chi connectivity index (χ2v) is 9.50. The zero-order chi connectivity index (χ0) is 22.4. The van der Waals surface area contributed by atoms with Crippen LogP contribution in [0, 0.1) is 12.3 Å². The van der Waals surface area contributed by atoms with Crippen molar-refractivity contribution < 1.29 is 0 Å². The molecule has 0 radical (unpaired) electrons. The number of nitrogens with zero attached hydrogens (tertiary/aromatic N) is 4. The van der Waals surface area contributed by atoms with E-state index in [1.165, 1.54) is 0 Å². The number of benzene rings is 1. The average Bonchev–Trinajstić information content (AvgIpc) is 2.78. The molecule has 2 heterocycles. The van der Waals surface area contributed by atoms with Crippen LogP contribution in [0.3, 0.4) is 0 Å². The fourth-order valence-electron chi connectivity index (χ4n) is 3.61. The molecule has 5 nitrogen and oxygen atoms in total. The number of allylic oxidation sites excluding steroid dienone is 3. The van der Waals surface area contributed by atoms with Crippen LogP contribution in [0.15, 0.2) is 46.1 Å². The van der Waals surface area contributed by atoms with Gasteiger partial charge in [0.1, 0.15) is 5.82 Å². The topological polar surface area (TPSA) is 41.4 Å². The van der Waals surface area contributed by atoms with Crippen LogP contribution in [0.5, 0.6) is 0 Å². The minimum atomic E-state index is -0.103. The van der Waals surface area contributed by atoms with E-state index >= 15 is 0 Å². The number of piperazine rings is 1. The van der Waals surface area contributed by atoms with E-state index in [4.69, 9.17) is 23.0 Å². The van der Waals surface area contributed by atoms with Crippen molar-refractivity contribution in [3.05, 3.63) is 62.5 Å². The summed E-state index contributed by atoms with van der Waals surface area (Å²) in [6.45, 7) is 5.72. The molecule has 1 aliphatic rings. The zero-order valence-corrected chi connectivity index (χ0v) is 20.9. The normalized spacial score (nSPS) is 17.3. The summed E-state index contributed by atoms with van der Waals surface area (Å²) in [5.41, 5.74) is 0.544. The highest BCUT2D eigenvalue weighted by Gasteiger charge is 2.26. The molecular formula is C23H26BrClN4OS. The largest absolute Gasteiger partial charge is 0.298 e. The quantitative estimate of drug-likeness (QED) is 0.227. The van der Waals surface area contributed by atoms with E-state index in [1.807, 2.05) is 12.1 Å². The Balaban J connectivity index is 1.71. The summed E-state index contributed by atoms with van der Waals surface area (Å²) < 4.78 is 3.99. The highest BCUT2D eigenvalue weighted by molar-refractivity contribution is 9.09. The second-order valence-electron chi connectivity index (χ2n) is 7.27. The predicted molar refractivity (Wildman–Crippen MR) is 136 cm³/mol. The van der Waals surface area contributed by atoms with E-state index < -0.39 is 0 Å². The Morgan fingerprint density at radius 2 is 2.13 bits per heavy atom. The fraction of sp³-hybridized carbons (Fsp3) is 0.391. The number of aromatic nitrogens is 2. The molecule has 0 saturated carbocycles. The van der Waals surface area contributed by atoms with E-state index in [-0.39, 0.29) is 11.6 Å². The lowest BCUT2D eigenvalue weighted by Crippen LogP contribution is -2.45. The summed E-state index contributed by atoms with van der Waals surface area (Å²) in [6, 6.07) is 5.43. The maximum atomic E-state index is 12.9. The average molecular weight is 522 g/mol. The van der Waals surface area contributed by atoms with Gasteiger partial charge in [-0.3, -0.25) is 14.3 Å². The summed E-state index contributed by atoms with van der Waals surface area (Å²) >= 11 is 11.4. The van der Waals surface area contributed by atoms with Crippen LogP contribution in [0.25, 0.3) is 10.9 Å². The Morgan fingerprint density at radius 1 is 1.39 bits per heavy atom. The van der Waals surface area contributed by atoms with Gasteiger partial charge < -0.3 is 0 Å². The smallest absolute Gasteiger partial charge is 0.262 e. The Bertz CT molecular complexity index is 1080. The van der Waals surface area contributed by atoms with E-state index in [0.717, 1.165) is 42.2 Å². The van der Waals surface area contributed by atoms with Gasteiger partial charge in [0.15, 0.2) is 0 Å². The van der Waals surface area contributed by atoms with Crippen molar-refractivity contribution in [3.63, 3.8) is 0 Å². The third-order valence-corrected chi connectivity index (χ3v) is 7.14. The summed E-state index contributed by atoms with van der Waals surface area (Å²) in [5, 5.41) is 1.74. The van der Waals surface area contributed by atoms with Gasteiger partial charge in [0.25, 0.3) is 5.56 Å². The molecule has 1 saturated heterocycles. The first kappa shape index (κ1) is 24.1. The van der Waals surface area contributed by atoms with Crippen molar-refractivity contribution >= 4 is 50.4 Å². The minimum Gasteiger partial charge on any atom is -0.298 e. The molecule has 0 bridgehead atoms. The van der Waals surface area contributed by atoms with Crippen molar-refractivity contribution in [2.24, 2.45) is 7.05 Å². The monoisotopic (exact) mass is 520 g/mol. The molecular weight excluding hydrogens is 496 g/mol. The lowest BCUT2D eigenvalue weighted by atomic mass is 10.2.